The monoisotopic (exact) mass is 261 g/mol. The van der Waals surface area contributed by atoms with Gasteiger partial charge in [-0.15, -0.1) is 18.2 Å². The summed E-state index contributed by atoms with van der Waals surface area (Å²) in [5.74, 6) is 6.34. The van der Waals surface area contributed by atoms with Crippen molar-refractivity contribution in [2.45, 2.75) is 32.6 Å². The highest BCUT2D eigenvalue weighted by molar-refractivity contribution is 7.99. The van der Waals surface area contributed by atoms with Crippen LogP contribution in [0.3, 0.4) is 0 Å². The van der Waals surface area contributed by atoms with Gasteiger partial charge in [0, 0.05) is 23.6 Å². The topological polar surface area (TPSA) is 37.8 Å². The quantitative estimate of drug-likeness (QED) is 0.652. The lowest BCUT2D eigenvalue weighted by molar-refractivity contribution is 0.659. The molecule has 1 N–H and O–H groups in total. The molecule has 0 aromatic carbocycles. The average molecular weight is 261 g/mol. The molecule has 1 aliphatic rings. The molecule has 1 aliphatic carbocycles. The lowest BCUT2D eigenvalue weighted by atomic mass is 9.96. The Morgan fingerprint density at radius 3 is 3.00 bits per heavy atom. The number of anilines is 1. The Balaban J connectivity index is 1.99. The molecule has 0 saturated heterocycles. The molecule has 0 amide bonds. The molecule has 3 nitrogen and oxygen atoms in total. The molecule has 2 rings (SSSR count). The van der Waals surface area contributed by atoms with Gasteiger partial charge in [-0.2, -0.15) is 0 Å². The Morgan fingerprint density at radius 2 is 2.17 bits per heavy atom. The third-order valence-corrected chi connectivity index (χ3v) is 3.88. The van der Waals surface area contributed by atoms with E-state index in [1.54, 1.807) is 11.8 Å². The van der Waals surface area contributed by atoms with Gasteiger partial charge in [-0.1, -0.05) is 5.92 Å². The first-order valence-corrected chi connectivity index (χ1v) is 7.58. The SMILES string of the molecule is C#CCSCCNc1nc(C)nc2c1CCCC2. The molecule has 96 valence electrons. The fraction of sp³-hybridized carbons (Fsp3) is 0.571. The van der Waals surface area contributed by atoms with E-state index in [2.05, 4.69) is 21.2 Å². The summed E-state index contributed by atoms with van der Waals surface area (Å²) in [6.07, 6.45) is 9.92. The van der Waals surface area contributed by atoms with Crippen LogP contribution in [-0.2, 0) is 12.8 Å². The van der Waals surface area contributed by atoms with E-state index in [1.807, 2.05) is 6.92 Å². The maximum Gasteiger partial charge on any atom is 0.133 e. The van der Waals surface area contributed by atoms with Gasteiger partial charge in [-0.3, -0.25) is 0 Å². The van der Waals surface area contributed by atoms with Crippen molar-refractivity contribution in [2.24, 2.45) is 0 Å². The van der Waals surface area contributed by atoms with E-state index in [1.165, 1.54) is 24.1 Å². The van der Waals surface area contributed by atoms with E-state index >= 15 is 0 Å². The number of nitrogens with one attached hydrogen (secondary N) is 1. The number of hydrogen-bond acceptors (Lipinski definition) is 4. The van der Waals surface area contributed by atoms with Gasteiger partial charge in [0.15, 0.2) is 0 Å². The zero-order valence-corrected chi connectivity index (χ0v) is 11.6. The van der Waals surface area contributed by atoms with Gasteiger partial charge >= 0.3 is 0 Å². The van der Waals surface area contributed by atoms with Gasteiger partial charge in [0.05, 0.1) is 5.75 Å². The van der Waals surface area contributed by atoms with Crippen LogP contribution < -0.4 is 5.32 Å². The summed E-state index contributed by atoms with van der Waals surface area (Å²) in [6, 6.07) is 0. The zero-order chi connectivity index (χ0) is 12.8. The minimum Gasteiger partial charge on any atom is -0.369 e. The van der Waals surface area contributed by atoms with Crippen molar-refractivity contribution in [1.29, 1.82) is 0 Å². The first-order chi connectivity index (χ1) is 8.81. The molecule has 1 aromatic heterocycles. The van der Waals surface area contributed by atoms with Crippen LogP contribution in [0.25, 0.3) is 0 Å². The minimum atomic E-state index is 0.780. The van der Waals surface area contributed by atoms with Crippen LogP contribution in [0.1, 0.15) is 29.9 Å². The minimum absolute atomic E-state index is 0.780. The van der Waals surface area contributed by atoms with Crippen molar-refractivity contribution in [3.8, 4) is 12.3 Å². The number of thioether (sulfide) groups is 1. The van der Waals surface area contributed by atoms with Crippen LogP contribution in [0, 0.1) is 19.3 Å². The summed E-state index contributed by atoms with van der Waals surface area (Å²) < 4.78 is 0. The highest BCUT2D eigenvalue weighted by Gasteiger charge is 2.16. The van der Waals surface area contributed by atoms with E-state index in [-0.39, 0.29) is 0 Å². The second-order valence-electron chi connectivity index (χ2n) is 4.44. The largest absolute Gasteiger partial charge is 0.369 e. The van der Waals surface area contributed by atoms with E-state index < -0.39 is 0 Å². The Bertz CT molecular complexity index is 451. The molecular weight excluding hydrogens is 242 g/mol. The summed E-state index contributed by atoms with van der Waals surface area (Å²) in [5, 5.41) is 3.43. The van der Waals surface area contributed by atoms with Crippen molar-refractivity contribution >= 4 is 17.6 Å². The highest BCUT2D eigenvalue weighted by atomic mass is 32.2. The van der Waals surface area contributed by atoms with E-state index in [0.29, 0.717) is 0 Å². The van der Waals surface area contributed by atoms with Gasteiger partial charge in [0.1, 0.15) is 11.6 Å². The van der Waals surface area contributed by atoms with E-state index in [4.69, 9.17) is 6.42 Å². The van der Waals surface area contributed by atoms with Crippen molar-refractivity contribution in [2.75, 3.05) is 23.4 Å². The Labute approximate surface area is 113 Å². The lowest BCUT2D eigenvalue weighted by Crippen LogP contribution is -2.15. The highest BCUT2D eigenvalue weighted by Crippen LogP contribution is 2.25. The first-order valence-electron chi connectivity index (χ1n) is 6.42. The molecule has 0 bridgehead atoms. The molecule has 0 unspecified atom stereocenters. The number of nitrogens with zero attached hydrogens (tertiary/aromatic N) is 2. The van der Waals surface area contributed by atoms with Crippen LogP contribution in [0.2, 0.25) is 0 Å². The normalized spacial score (nSPS) is 13.8. The predicted octanol–water partition coefficient (Wildman–Crippen LogP) is 2.44. The predicted molar refractivity (Wildman–Crippen MR) is 78.1 cm³/mol. The first kappa shape index (κ1) is 13.2. The van der Waals surface area contributed by atoms with Crippen molar-refractivity contribution in [3.05, 3.63) is 17.1 Å². The molecule has 1 heterocycles. The van der Waals surface area contributed by atoms with Crippen LogP contribution in [0.4, 0.5) is 5.82 Å². The Morgan fingerprint density at radius 1 is 1.33 bits per heavy atom. The number of rotatable bonds is 5. The summed E-state index contributed by atoms with van der Waals surface area (Å²) in [6.45, 7) is 2.88. The summed E-state index contributed by atoms with van der Waals surface area (Å²) in [4.78, 5) is 9.08. The number of hydrogen-bond donors (Lipinski definition) is 1. The van der Waals surface area contributed by atoms with E-state index in [0.717, 1.165) is 42.5 Å². The van der Waals surface area contributed by atoms with Gasteiger partial charge in [-0.25, -0.2) is 9.97 Å². The second-order valence-corrected chi connectivity index (χ2v) is 5.54. The third kappa shape index (κ3) is 3.39. The maximum absolute atomic E-state index is 5.22. The standard InChI is InChI=1S/C14H19N3S/c1-3-9-18-10-8-15-14-12-6-4-5-7-13(12)16-11(2)17-14/h1H,4-10H2,2H3,(H,15,16,17). The fourth-order valence-corrected chi connectivity index (χ4v) is 2.74. The molecule has 0 fully saturated rings. The second kappa shape index (κ2) is 6.65. The fourth-order valence-electron chi connectivity index (χ4n) is 2.24. The molecule has 0 spiro atoms. The van der Waals surface area contributed by atoms with Gasteiger partial charge in [0.2, 0.25) is 0 Å². The smallest absolute Gasteiger partial charge is 0.133 e. The Hall–Kier alpha value is -1.21. The van der Waals surface area contributed by atoms with Crippen LogP contribution in [0.5, 0.6) is 0 Å². The summed E-state index contributed by atoms with van der Waals surface area (Å²) in [5.41, 5.74) is 2.57. The van der Waals surface area contributed by atoms with Gasteiger partial charge in [0.25, 0.3) is 0 Å². The third-order valence-electron chi connectivity index (χ3n) is 3.02. The number of aromatic nitrogens is 2. The molecule has 0 atom stereocenters. The number of fused-ring (bicyclic) bond motifs is 1. The van der Waals surface area contributed by atoms with Crippen LogP contribution in [-0.4, -0.2) is 28.0 Å². The molecule has 4 heteroatoms. The van der Waals surface area contributed by atoms with Crippen LogP contribution >= 0.6 is 11.8 Å². The van der Waals surface area contributed by atoms with Crippen molar-refractivity contribution < 1.29 is 0 Å². The summed E-state index contributed by atoms with van der Waals surface area (Å²) >= 11 is 1.77. The van der Waals surface area contributed by atoms with E-state index in [9.17, 15) is 0 Å². The zero-order valence-electron chi connectivity index (χ0n) is 10.8. The molecule has 0 radical (unpaired) electrons. The van der Waals surface area contributed by atoms with Gasteiger partial charge < -0.3 is 5.32 Å². The van der Waals surface area contributed by atoms with Crippen LogP contribution in [0.15, 0.2) is 0 Å². The Kier molecular flexibility index (Phi) is 4.89. The molecule has 1 aromatic rings. The molecule has 0 saturated carbocycles. The molecule has 0 aliphatic heterocycles. The maximum atomic E-state index is 5.22. The molecule has 18 heavy (non-hydrogen) atoms. The van der Waals surface area contributed by atoms with Gasteiger partial charge in [-0.05, 0) is 32.6 Å². The molecular formula is C14H19N3S. The number of terminal acetylenes is 1. The average Bonchev–Trinajstić information content (AvgIpc) is 2.38. The van der Waals surface area contributed by atoms with Crippen molar-refractivity contribution in [1.82, 2.24) is 9.97 Å². The van der Waals surface area contributed by atoms with Crippen molar-refractivity contribution in [3.63, 3.8) is 0 Å². The lowest BCUT2D eigenvalue weighted by Gasteiger charge is -2.19. The summed E-state index contributed by atoms with van der Waals surface area (Å²) in [7, 11) is 0. The number of aryl methyl sites for hydroxylation is 2.